The lowest BCUT2D eigenvalue weighted by Gasteiger charge is -2.08. The van der Waals surface area contributed by atoms with Crippen molar-refractivity contribution in [2.45, 2.75) is 0 Å². The highest BCUT2D eigenvalue weighted by Crippen LogP contribution is 2.11. The van der Waals surface area contributed by atoms with Gasteiger partial charge in [0, 0.05) is 18.5 Å². The Labute approximate surface area is 108 Å². The number of nitrogens with zero attached hydrogens (tertiary/aromatic N) is 2. The van der Waals surface area contributed by atoms with E-state index in [0.717, 1.165) is 0 Å². The highest BCUT2D eigenvalue weighted by Gasteiger charge is 2.03. The van der Waals surface area contributed by atoms with E-state index in [2.05, 4.69) is 20.8 Å². The number of aromatic nitrogens is 2. The normalized spacial score (nSPS) is 9.74. The molecule has 2 rings (SSSR count). The summed E-state index contributed by atoms with van der Waals surface area (Å²) < 4.78 is 18.0. The van der Waals surface area contributed by atoms with Crippen LogP contribution in [-0.4, -0.2) is 22.5 Å². The quantitative estimate of drug-likeness (QED) is 0.790. The molecule has 0 fully saturated rings. The first-order valence-electron chi connectivity index (χ1n) is 5.44. The first-order valence-corrected chi connectivity index (χ1v) is 5.44. The topological polar surface area (TPSA) is 76.1 Å². The van der Waals surface area contributed by atoms with Crippen molar-refractivity contribution in [3.05, 3.63) is 48.5 Å². The zero-order valence-electron chi connectivity index (χ0n) is 9.84. The predicted molar refractivity (Wildman–Crippen MR) is 65.7 cm³/mol. The minimum Gasteiger partial charge on any atom is -0.484 e. The number of hydrazine groups is 1. The molecule has 0 atom stereocenters. The number of benzene rings is 1. The number of amides is 1. The van der Waals surface area contributed by atoms with Gasteiger partial charge in [-0.25, -0.2) is 14.4 Å². The Kier molecular flexibility index (Phi) is 4.22. The molecule has 2 N–H and O–H groups in total. The smallest absolute Gasteiger partial charge is 0.276 e. The highest BCUT2D eigenvalue weighted by atomic mass is 19.1. The van der Waals surface area contributed by atoms with Crippen molar-refractivity contribution in [3.8, 4) is 5.75 Å². The fourth-order valence-electron chi connectivity index (χ4n) is 1.23. The summed E-state index contributed by atoms with van der Waals surface area (Å²) in [5.41, 5.74) is 4.87. The molecule has 0 radical (unpaired) electrons. The van der Waals surface area contributed by atoms with Crippen molar-refractivity contribution in [2.75, 3.05) is 12.0 Å². The molecule has 0 spiro atoms. The van der Waals surface area contributed by atoms with Gasteiger partial charge in [0.15, 0.2) is 6.61 Å². The first-order chi connectivity index (χ1) is 9.24. The Morgan fingerprint density at radius 1 is 1.26 bits per heavy atom. The third kappa shape index (κ3) is 4.23. The van der Waals surface area contributed by atoms with Crippen LogP contribution >= 0.6 is 0 Å². The van der Waals surface area contributed by atoms with Gasteiger partial charge in [0.25, 0.3) is 5.91 Å². The summed E-state index contributed by atoms with van der Waals surface area (Å²) >= 11 is 0. The van der Waals surface area contributed by atoms with Crippen LogP contribution in [0.25, 0.3) is 0 Å². The zero-order valence-corrected chi connectivity index (χ0v) is 9.84. The van der Waals surface area contributed by atoms with Gasteiger partial charge in [-0.1, -0.05) is 6.07 Å². The molecule has 6 nitrogen and oxygen atoms in total. The van der Waals surface area contributed by atoms with Crippen LogP contribution < -0.4 is 15.6 Å². The molecule has 1 heterocycles. The number of rotatable bonds is 5. The molecule has 0 unspecified atom stereocenters. The van der Waals surface area contributed by atoms with Gasteiger partial charge in [-0.05, 0) is 18.2 Å². The van der Waals surface area contributed by atoms with E-state index in [1.165, 1.54) is 30.6 Å². The monoisotopic (exact) mass is 262 g/mol. The Morgan fingerprint density at radius 2 is 2.05 bits per heavy atom. The van der Waals surface area contributed by atoms with Crippen LogP contribution in [0.1, 0.15) is 0 Å². The van der Waals surface area contributed by atoms with Gasteiger partial charge in [0.05, 0.1) is 0 Å². The third-order valence-electron chi connectivity index (χ3n) is 2.05. The van der Waals surface area contributed by atoms with Crippen molar-refractivity contribution in [3.63, 3.8) is 0 Å². The summed E-state index contributed by atoms with van der Waals surface area (Å²) in [6.45, 7) is -0.247. The van der Waals surface area contributed by atoms with Gasteiger partial charge in [-0.2, -0.15) is 0 Å². The largest absolute Gasteiger partial charge is 0.484 e. The maximum Gasteiger partial charge on any atom is 0.276 e. The summed E-state index contributed by atoms with van der Waals surface area (Å²) in [6, 6.07) is 7.20. The van der Waals surface area contributed by atoms with Crippen LogP contribution in [0.3, 0.4) is 0 Å². The van der Waals surface area contributed by atoms with Crippen LogP contribution in [0.15, 0.2) is 42.7 Å². The van der Waals surface area contributed by atoms with Crippen molar-refractivity contribution >= 4 is 11.9 Å². The van der Waals surface area contributed by atoms with Crippen LogP contribution in [0.5, 0.6) is 5.75 Å². The van der Waals surface area contributed by atoms with Gasteiger partial charge >= 0.3 is 0 Å². The zero-order chi connectivity index (χ0) is 13.5. The minimum atomic E-state index is -0.434. The van der Waals surface area contributed by atoms with E-state index in [9.17, 15) is 9.18 Å². The summed E-state index contributed by atoms with van der Waals surface area (Å²) in [4.78, 5) is 19.1. The van der Waals surface area contributed by atoms with Crippen molar-refractivity contribution in [2.24, 2.45) is 0 Å². The van der Waals surface area contributed by atoms with Crippen molar-refractivity contribution in [1.82, 2.24) is 15.4 Å². The number of ether oxygens (including phenoxy) is 1. The molecule has 0 saturated carbocycles. The molecule has 1 amide bonds. The molecule has 0 aliphatic carbocycles. The van der Waals surface area contributed by atoms with E-state index in [4.69, 9.17) is 4.74 Å². The van der Waals surface area contributed by atoms with Gasteiger partial charge in [0.2, 0.25) is 5.95 Å². The lowest BCUT2D eigenvalue weighted by atomic mass is 10.3. The maximum atomic E-state index is 12.9. The van der Waals surface area contributed by atoms with Crippen LogP contribution in [0.2, 0.25) is 0 Å². The molecule has 19 heavy (non-hydrogen) atoms. The molecule has 0 saturated heterocycles. The SMILES string of the molecule is O=C(COc1cccc(F)c1)NNc1ncccn1. The third-order valence-corrected chi connectivity index (χ3v) is 2.05. The number of anilines is 1. The van der Waals surface area contributed by atoms with Crippen molar-refractivity contribution < 1.29 is 13.9 Å². The van der Waals surface area contributed by atoms with Gasteiger partial charge in [0.1, 0.15) is 11.6 Å². The highest BCUT2D eigenvalue weighted by molar-refractivity contribution is 5.78. The fraction of sp³-hybridized carbons (Fsp3) is 0.0833. The molecule has 2 aromatic rings. The van der Waals surface area contributed by atoms with Gasteiger partial charge in [-0.15, -0.1) is 0 Å². The van der Waals surface area contributed by atoms with E-state index in [1.807, 2.05) is 0 Å². The second kappa shape index (κ2) is 6.29. The number of hydrogen-bond acceptors (Lipinski definition) is 5. The summed E-state index contributed by atoms with van der Waals surface area (Å²) in [7, 11) is 0. The van der Waals surface area contributed by atoms with E-state index in [-0.39, 0.29) is 18.3 Å². The van der Waals surface area contributed by atoms with E-state index < -0.39 is 11.7 Å². The molecule has 0 aliphatic heterocycles. The molecule has 98 valence electrons. The van der Waals surface area contributed by atoms with Crippen LogP contribution in [-0.2, 0) is 4.79 Å². The fourth-order valence-corrected chi connectivity index (χ4v) is 1.23. The second-order valence-electron chi connectivity index (χ2n) is 3.49. The van der Waals surface area contributed by atoms with E-state index in [1.54, 1.807) is 12.1 Å². The van der Waals surface area contributed by atoms with Crippen LogP contribution in [0, 0.1) is 5.82 Å². The number of carbonyl (C=O) groups is 1. The lowest BCUT2D eigenvalue weighted by molar-refractivity contribution is -0.122. The molecule has 7 heteroatoms. The molecule has 0 bridgehead atoms. The number of nitrogens with one attached hydrogen (secondary N) is 2. The molecule has 0 aliphatic rings. The standard InChI is InChI=1S/C12H11FN4O2/c13-9-3-1-4-10(7-9)19-8-11(18)16-17-12-14-5-2-6-15-12/h1-7H,8H2,(H,16,18)(H,14,15,17). The number of hydrogen-bond donors (Lipinski definition) is 2. The Morgan fingerprint density at radius 3 is 2.79 bits per heavy atom. The Balaban J connectivity index is 1.76. The predicted octanol–water partition coefficient (Wildman–Crippen LogP) is 1.14. The Bertz CT molecular complexity index is 550. The second-order valence-corrected chi connectivity index (χ2v) is 3.49. The average Bonchev–Trinajstić information content (AvgIpc) is 2.44. The molecular formula is C12H11FN4O2. The lowest BCUT2D eigenvalue weighted by Crippen LogP contribution is -2.34. The van der Waals surface area contributed by atoms with E-state index >= 15 is 0 Å². The first kappa shape index (κ1) is 12.7. The average molecular weight is 262 g/mol. The van der Waals surface area contributed by atoms with E-state index in [0.29, 0.717) is 0 Å². The summed E-state index contributed by atoms with van der Waals surface area (Å²) in [5.74, 6) is -0.307. The van der Waals surface area contributed by atoms with Crippen LogP contribution in [0.4, 0.5) is 10.3 Å². The van der Waals surface area contributed by atoms with Crippen molar-refractivity contribution in [1.29, 1.82) is 0 Å². The Hall–Kier alpha value is -2.70. The number of carbonyl (C=O) groups excluding carboxylic acids is 1. The van der Waals surface area contributed by atoms with Gasteiger partial charge in [-0.3, -0.25) is 15.6 Å². The molecule has 1 aromatic heterocycles. The molecule has 1 aromatic carbocycles. The number of halogens is 1. The molecular weight excluding hydrogens is 251 g/mol. The summed E-state index contributed by atoms with van der Waals surface area (Å²) in [6.07, 6.45) is 3.06. The minimum absolute atomic E-state index is 0.247. The van der Waals surface area contributed by atoms with Gasteiger partial charge < -0.3 is 4.74 Å². The summed E-state index contributed by atoms with van der Waals surface area (Å²) in [5, 5.41) is 0. The maximum absolute atomic E-state index is 12.9.